The van der Waals surface area contributed by atoms with Crippen LogP contribution in [0.2, 0.25) is 5.02 Å². The molecule has 9 heteroatoms. The number of halogens is 1. The first-order valence-electron chi connectivity index (χ1n) is 9.85. The van der Waals surface area contributed by atoms with E-state index in [0.29, 0.717) is 29.0 Å². The second kappa shape index (κ2) is 6.86. The summed E-state index contributed by atoms with van der Waals surface area (Å²) in [7, 11) is 1.54. The van der Waals surface area contributed by atoms with Gasteiger partial charge in [0.2, 0.25) is 0 Å². The van der Waals surface area contributed by atoms with Crippen LogP contribution in [0, 0.1) is 0 Å². The lowest BCUT2D eigenvalue weighted by molar-refractivity contribution is 0.00296. The Labute approximate surface area is 173 Å². The van der Waals surface area contributed by atoms with E-state index in [2.05, 4.69) is 4.98 Å². The van der Waals surface area contributed by atoms with Gasteiger partial charge in [-0.05, 0) is 52.5 Å². The second-order valence-electron chi connectivity index (χ2n) is 8.93. The van der Waals surface area contributed by atoms with Crippen molar-refractivity contribution in [2.24, 2.45) is 7.05 Å². The Morgan fingerprint density at radius 2 is 1.76 bits per heavy atom. The maximum Gasteiger partial charge on any atom is 0.410 e. The van der Waals surface area contributed by atoms with Crippen LogP contribution in [-0.4, -0.2) is 42.8 Å². The zero-order valence-electron chi connectivity index (χ0n) is 17.0. The third kappa shape index (κ3) is 3.43. The molecular formula is C20H25ClN4O4. The second-order valence-corrected chi connectivity index (χ2v) is 9.37. The molecule has 4 heterocycles. The molecule has 2 aliphatic heterocycles. The zero-order chi connectivity index (χ0) is 21.1. The number of hydrogen-bond acceptors (Lipinski definition) is 5. The monoisotopic (exact) mass is 420 g/mol. The molecule has 2 fully saturated rings. The molecule has 0 saturated carbocycles. The minimum atomic E-state index is -0.608. The van der Waals surface area contributed by atoms with Gasteiger partial charge in [-0.3, -0.25) is 14.2 Å². The summed E-state index contributed by atoms with van der Waals surface area (Å²) in [6, 6.07) is 1.40. The smallest absolute Gasteiger partial charge is 0.410 e. The van der Waals surface area contributed by atoms with Crippen molar-refractivity contribution in [1.82, 2.24) is 19.0 Å². The molecule has 2 bridgehead atoms. The molecule has 1 amide bonds. The number of ether oxygens (including phenoxy) is 1. The summed E-state index contributed by atoms with van der Waals surface area (Å²) < 4.78 is 8.37. The van der Waals surface area contributed by atoms with Gasteiger partial charge in [-0.2, -0.15) is 0 Å². The van der Waals surface area contributed by atoms with Crippen molar-refractivity contribution in [3.05, 3.63) is 38.0 Å². The van der Waals surface area contributed by atoms with E-state index >= 15 is 0 Å². The highest BCUT2D eigenvalue weighted by Gasteiger charge is 2.46. The first-order chi connectivity index (χ1) is 13.6. The van der Waals surface area contributed by atoms with Gasteiger partial charge in [0.15, 0.2) is 5.65 Å². The van der Waals surface area contributed by atoms with Gasteiger partial charge in [-0.25, -0.2) is 9.78 Å². The standard InChI is InChI=1S/C20H25ClN4O4/c1-20(2,3)29-19(28)24-12-5-6-13(24)9-14(8-12)25-16-15(7-11(21)10-22-16)23(4)17(26)18(25)27/h7,10,12-14H,5-6,8-9H2,1-4H3/t12-,13+,14?. The molecule has 29 heavy (non-hydrogen) atoms. The molecular weight excluding hydrogens is 396 g/mol. The van der Waals surface area contributed by atoms with E-state index in [4.69, 9.17) is 16.3 Å². The van der Waals surface area contributed by atoms with Crippen LogP contribution in [0.15, 0.2) is 21.9 Å². The minimum absolute atomic E-state index is 0.0214. The largest absolute Gasteiger partial charge is 0.444 e. The summed E-state index contributed by atoms with van der Waals surface area (Å²) in [5, 5.41) is 0.400. The minimum Gasteiger partial charge on any atom is -0.444 e. The molecule has 0 spiro atoms. The fourth-order valence-electron chi connectivity index (χ4n) is 4.62. The molecule has 3 atom stereocenters. The van der Waals surface area contributed by atoms with Crippen molar-refractivity contribution in [2.45, 2.75) is 70.2 Å². The highest BCUT2D eigenvalue weighted by atomic mass is 35.5. The molecule has 0 aliphatic carbocycles. The van der Waals surface area contributed by atoms with Gasteiger partial charge in [0.05, 0.1) is 10.5 Å². The van der Waals surface area contributed by atoms with Crippen molar-refractivity contribution < 1.29 is 9.53 Å². The molecule has 8 nitrogen and oxygen atoms in total. The molecule has 0 radical (unpaired) electrons. The van der Waals surface area contributed by atoms with Crippen molar-refractivity contribution in [3.63, 3.8) is 0 Å². The van der Waals surface area contributed by atoms with Gasteiger partial charge in [-0.1, -0.05) is 11.6 Å². The van der Waals surface area contributed by atoms with Crippen LogP contribution in [0.3, 0.4) is 0 Å². The van der Waals surface area contributed by atoms with E-state index in [9.17, 15) is 14.4 Å². The van der Waals surface area contributed by atoms with Gasteiger partial charge in [0.1, 0.15) is 5.60 Å². The number of nitrogens with zero attached hydrogens (tertiary/aromatic N) is 4. The molecule has 0 aromatic carbocycles. The molecule has 4 rings (SSSR count). The Balaban J connectivity index is 1.72. The number of amides is 1. The summed E-state index contributed by atoms with van der Waals surface area (Å²) in [6.07, 6.45) is 4.06. The van der Waals surface area contributed by atoms with Crippen LogP contribution in [-0.2, 0) is 11.8 Å². The lowest BCUT2D eigenvalue weighted by Gasteiger charge is -2.40. The van der Waals surface area contributed by atoms with Crippen molar-refractivity contribution in [2.75, 3.05) is 0 Å². The first kappa shape index (κ1) is 19.9. The highest BCUT2D eigenvalue weighted by molar-refractivity contribution is 6.31. The average molecular weight is 421 g/mol. The molecule has 2 aromatic rings. The van der Waals surface area contributed by atoms with E-state index in [1.807, 2.05) is 25.7 Å². The van der Waals surface area contributed by atoms with Crippen LogP contribution >= 0.6 is 11.6 Å². The summed E-state index contributed by atoms with van der Waals surface area (Å²) in [5.41, 5.74) is -0.802. The van der Waals surface area contributed by atoms with E-state index < -0.39 is 16.7 Å². The number of aryl methyl sites for hydroxylation is 1. The Hall–Kier alpha value is -2.35. The van der Waals surface area contributed by atoms with E-state index in [1.54, 1.807) is 13.1 Å². The van der Waals surface area contributed by atoms with Crippen LogP contribution < -0.4 is 11.1 Å². The third-order valence-corrected chi connectivity index (χ3v) is 5.99. The number of piperidine rings is 1. The zero-order valence-corrected chi connectivity index (χ0v) is 17.8. The SMILES string of the molecule is Cn1c(=O)c(=O)n(C2C[C@H]3CC[C@@H](C2)N3C(=O)OC(C)(C)C)c2ncc(Cl)cc21. The molecule has 1 unspecified atom stereocenters. The quantitative estimate of drug-likeness (QED) is 0.662. The van der Waals surface area contributed by atoms with Crippen LogP contribution in [0.5, 0.6) is 0 Å². The van der Waals surface area contributed by atoms with Gasteiger partial charge in [-0.15, -0.1) is 0 Å². The topological polar surface area (TPSA) is 86.4 Å². The summed E-state index contributed by atoms with van der Waals surface area (Å²) in [4.78, 5) is 44.3. The van der Waals surface area contributed by atoms with E-state index in [1.165, 1.54) is 15.3 Å². The third-order valence-electron chi connectivity index (χ3n) is 5.79. The molecule has 2 saturated heterocycles. The highest BCUT2D eigenvalue weighted by Crippen LogP contribution is 2.41. The maximum atomic E-state index is 12.9. The predicted molar refractivity (Wildman–Crippen MR) is 109 cm³/mol. The summed E-state index contributed by atoms with van der Waals surface area (Å²) >= 11 is 6.06. The summed E-state index contributed by atoms with van der Waals surface area (Å²) in [6.45, 7) is 5.55. The van der Waals surface area contributed by atoms with Crippen LogP contribution in [0.25, 0.3) is 11.2 Å². The molecule has 2 aliphatic rings. The maximum absolute atomic E-state index is 12.9. The van der Waals surface area contributed by atoms with E-state index in [-0.39, 0.29) is 24.2 Å². The number of hydrogen-bond donors (Lipinski definition) is 0. The van der Waals surface area contributed by atoms with Crippen LogP contribution in [0.1, 0.15) is 52.5 Å². The Kier molecular flexibility index (Phi) is 4.72. The average Bonchev–Trinajstić information content (AvgIpc) is 2.90. The van der Waals surface area contributed by atoms with E-state index in [0.717, 1.165) is 12.8 Å². The van der Waals surface area contributed by atoms with Gasteiger partial charge < -0.3 is 14.2 Å². The lowest BCUT2D eigenvalue weighted by atomic mass is 9.97. The molecule has 0 N–H and O–H groups in total. The van der Waals surface area contributed by atoms with Gasteiger partial charge >= 0.3 is 17.2 Å². The lowest BCUT2D eigenvalue weighted by Crippen LogP contribution is -2.51. The Morgan fingerprint density at radius 1 is 1.14 bits per heavy atom. The number of carbonyl (C=O) groups is 1. The first-order valence-corrected chi connectivity index (χ1v) is 10.2. The Morgan fingerprint density at radius 3 is 2.34 bits per heavy atom. The van der Waals surface area contributed by atoms with Crippen molar-refractivity contribution >= 4 is 28.9 Å². The van der Waals surface area contributed by atoms with Gasteiger partial charge in [0.25, 0.3) is 0 Å². The van der Waals surface area contributed by atoms with Crippen molar-refractivity contribution in [1.29, 1.82) is 0 Å². The number of fused-ring (bicyclic) bond motifs is 3. The Bertz CT molecular complexity index is 1090. The van der Waals surface area contributed by atoms with Crippen LogP contribution in [0.4, 0.5) is 4.79 Å². The molecule has 156 valence electrons. The number of aromatic nitrogens is 3. The summed E-state index contributed by atoms with van der Waals surface area (Å²) in [5.74, 6) is 0. The van der Waals surface area contributed by atoms with Crippen molar-refractivity contribution in [3.8, 4) is 0 Å². The number of pyridine rings is 1. The fraction of sp³-hybridized carbons (Fsp3) is 0.600. The number of carbonyl (C=O) groups excluding carboxylic acids is 1. The fourth-order valence-corrected chi connectivity index (χ4v) is 4.77. The molecule has 2 aromatic heterocycles. The predicted octanol–water partition coefficient (Wildman–Crippen LogP) is 2.85. The van der Waals surface area contributed by atoms with Gasteiger partial charge in [0, 0.05) is 31.4 Å². The number of rotatable bonds is 1. The normalized spacial score (nSPS) is 24.2.